The van der Waals surface area contributed by atoms with Crippen molar-refractivity contribution in [2.75, 3.05) is 0 Å². The van der Waals surface area contributed by atoms with Gasteiger partial charge in [0.05, 0.1) is 11.8 Å². The van der Waals surface area contributed by atoms with Gasteiger partial charge in [0, 0.05) is 12.1 Å². The van der Waals surface area contributed by atoms with Crippen LogP contribution in [0, 0.1) is 3.70 Å². The molecule has 0 aliphatic heterocycles. The highest BCUT2D eigenvalue weighted by atomic mass is 127. The van der Waals surface area contributed by atoms with Crippen LogP contribution in [0.5, 0.6) is 5.75 Å². The summed E-state index contributed by atoms with van der Waals surface area (Å²) < 4.78 is 64.8. The molecule has 1 heterocycles. The second kappa shape index (κ2) is 5.29. The quantitative estimate of drug-likeness (QED) is 0.507. The molecule has 0 amide bonds. The van der Waals surface area contributed by atoms with Crippen molar-refractivity contribution in [3.05, 3.63) is 21.0 Å². The smallest absolute Gasteiger partial charge is 0.404 e. The molecule has 0 aromatic carbocycles. The molecule has 2 N–H and O–H groups in total. The summed E-state index contributed by atoms with van der Waals surface area (Å²) in [6.07, 6.45) is -7.22. The number of pyridine rings is 1. The van der Waals surface area contributed by atoms with Crippen LogP contribution < -0.4 is 10.5 Å². The fourth-order valence-electron chi connectivity index (χ4n) is 1.16. The van der Waals surface area contributed by atoms with Crippen LogP contribution in [-0.2, 0) is 6.54 Å². The summed E-state index contributed by atoms with van der Waals surface area (Å²) in [6.45, 7) is -0.496. The topological polar surface area (TPSA) is 48.1 Å². The normalized spacial score (nSPS) is 12.0. The molecular formula is C8H6F5IN2O. The molecule has 0 radical (unpaired) electrons. The first kappa shape index (κ1) is 14.4. The van der Waals surface area contributed by atoms with E-state index in [1.165, 1.54) is 22.6 Å². The van der Waals surface area contributed by atoms with Crippen molar-refractivity contribution in [1.29, 1.82) is 0 Å². The third-order valence-electron chi connectivity index (χ3n) is 1.79. The molecule has 0 atom stereocenters. The van der Waals surface area contributed by atoms with Gasteiger partial charge >= 0.3 is 6.36 Å². The van der Waals surface area contributed by atoms with Gasteiger partial charge in [-0.1, -0.05) is 0 Å². The molecule has 0 saturated carbocycles. The zero-order chi connectivity index (χ0) is 13.2. The predicted molar refractivity (Wildman–Crippen MR) is 56.5 cm³/mol. The summed E-state index contributed by atoms with van der Waals surface area (Å²) >= 11 is 1.50. The van der Waals surface area contributed by atoms with Crippen LogP contribution in [0.2, 0.25) is 0 Å². The standard InChI is InChI=1S/C8H6F5IN2O/c9-6(10)5-3(1-15)4(2-16-7(5)14)17-8(11,12)13/h2,6H,1,15H2. The Morgan fingerprint density at radius 2 is 2.00 bits per heavy atom. The lowest BCUT2D eigenvalue weighted by Gasteiger charge is -2.15. The molecule has 0 bridgehead atoms. The van der Waals surface area contributed by atoms with Crippen LogP contribution in [-0.4, -0.2) is 11.3 Å². The fourth-order valence-corrected chi connectivity index (χ4v) is 1.87. The Morgan fingerprint density at radius 3 is 2.41 bits per heavy atom. The van der Waals surface area contributed by atoms with E-state index in [4.69, 9.17) is 5.73 Å². The van der Waals surface area contributed by atoms with E-state index in [0.717, 1.165) is 6.20 Å². The maximum absolute atomic E-state index is 12.7. The van der Waals surface area contributed by atoms with Crippen molar-refractivity contribution in [2.45, 2.75) is 19.3 Å². The minimum atomic E-state index is -4.97. The SMILES string of the molecule is NCc1c(OC(F)(F)F)cnc(I)c1C(F)F. The number of halogens is 6. The predicted octanol–water partition coefficient (Wildman–Crippen LogP) is 2.98. The third-order valence-corrected chi connectivity index (χ3v) is 2.65. The lowest BCUT2D eigenvalue weighted by Crippen LogP contribution is -2.20. The second-order valence-corrected chi connectivity index (χ2v) is 3.88. The minimum absolute atomic E-state index is 0.104. The van der Waals surface area contributed by atoms with Crippen LogP contribution >= 0.6 is 22.6 Å². The van der Waals surface area contributed by atoms with E-state index < -0.39 is 36.2 Å². The number of hydrogen-bond donors (Lipinski definition) is 1. The van der Waals surface area contributed by atoms with Gasteiger partial charge in [0.25, 0.3) is 6.43 Å². The molecule has 96 valence electrons. The summed E-state index contributed by atoms with van der Waals surface area (Å²) in [7, 11) is 0. The molecule has 17 heavy (non-hydrogen) atoms. The van der Waals surface area contributed by atoms with Crippen LogP contribution in [0.1, 0.15) is 17.6 Å². The Labute approximate surface area is 106 Å². The van der Waals surface area contributed by atoms with Crippen molar-refractivity contribution in [1.82, 2.24) is 4.98 Å². The van der Waals surface area contributed by atoms with Gasteiger partial charge < -0.3 is 10.5 Å². The molecule has 1 rings (SSSR count). The largest absolute Gasteiger partial charge is 0.573 e. The van der Waals surface area contributed by atoms with Gasteiger partial charge in [-0.25, -0.2) is 13.8 Å². The lowest BCUT2D eigenvalue weighted by molar-refractivity contribution is -0.275. The van der Waals surface area contributed by atoms with Gasteiger partial charge in [-0.15, -0.1) is 13.2 Å². The summed E-state index contributed by atoms with van der Waals surface area (Å²) in [5.41, 5.74) is 4.14. The van der Waals surface area contributed by atoms with Crippen LogP contribution in [0.25, 0.3) is 0 Å². The van der Waals surface area contributed by atoms with E-state index in [9.17, 15) is 22.0 Å². The van der Waals surface area contributed by atoms with E-state index in [1.54, 1.807) is 0 Å². The van der Waals surface area contributed by atoms with Crippen molar-refractivity contribution < 1.29 is 26.7 Å². The van der Waals surface area contributed by atoms with E-state index >= 15 is 0 Å². The number of alkyl halides is 5. The number of aromatic nitrogens is 1. The average molecular weight is 368 g/mol. The van der Waals surface area contributed by atoms with Crippen molar-refractivity contribution in [3.8, 4) is 5.75 Å². The molecule has 1 aromatic rings. The average Bonchev–Trinajstić information content (AvgIpc) is 2.17. The molecule has 9 heteroatoms. The maximum atomic E-state index is 12.7. The number of nitrogens with two attached hydrogens (primary N) is 1. The van der Waals surface area contributed by atoms with E-state index in [1.807, 2.05) is 0 Å². The zero-order valence-corrected chi connectivity index (χ0v) is 10.2. The Morgan fingerprint density at radius 1 is 1.41 bits per heavy atom. The van der Waals surface area contributed by atoms with E-state index in [2.05, 4.69) is 9.72 Å². The highest BCUT2D eigenvalue weighted by Crippen LogP contribution is 2.34. The van der Waals surface area contributed by atoms with Gasteiger partial charge in [0.2, 0.25) is 0 Å². The second-order valence-electron chi connectivity index (χ2n) is 2.86. The Hall–Kier alpha value is -0.710. The number of hydrogen-bond acceptors (Lipinski definition) is 3. The Kier molecular flexibility index (Phi) is 4.47. The van der Waals surface area contributed by atoms with Gasteiger partial charge in [0.1, 0.15) is 3.70 Å². The molecule has 0 spiro atoms. The van der Waals surface area contributed by atoms with Crippen molar-refractivity contribution >= 4 is 22.6 Å². The van der Waals surface area contributed by atoms with Crippen LogP contribution in [0.3, 0.4) is 0 Å². The van der Waals surface area contributed by atoms with E-state index in [0.29, 0.717) is 0 Å². The van der Waals surface area contributed by atoms with E-state index in [-0.39, 0.29) is 3.70 Å². The monoisotopic (exact) mass is 368 g/mol. The van der Waals surface area contributed by atoms with Gasteiger partial charge in [0.15, 0.2) is 5.75 Å². The van der Waals surface area contributed by atoms with Crippen molar-refractivity contribution in [2.24, 2.45) is 5.73 Å². The van der Waals surface area contributed by atoms with Gasteiger partial charge in [-0.05, 0) is 22.6 Å². The van der Waals surface area contributed by atoms with Gasteiger partial charge in [-0.3, -0.25) is 0 Å². The number of ether oxygens (including phenoxy) is 1. The molecule has 1 aromatic heterocycles. The summed E-state index contributed by atoms with van der Waals surface area (Å²) in [6, 6.07) is 0. The van der Waals surface area contributed by atoms with Crippen molar-refractivity contribution in [3.63, 3.8) is 0 Å². The van der Waals surface area contributed by atoms with Gasteiger partial charge in [-0.2, -0.15) is 0 Å². The Bertz CT molecular complexity index is 410. The highest BCUT2D eigenvalue weighted by molar-refractivity contribution is 14.1. The summed E-state index contributed by atoms with van der Waals surface area (Å²) in [4.78, 5) is 3.42. The summed E-state index contributed by atoms with van der Waals surface area (Å²) in [5.74, 6) is -0.796. The molecule has 0 aliphatic carbocycles. The molecule has 0 saturated heterocycles. The molecular weight excluding hydrogens is 362 g/mol. The molecule has 0 fully saturated rings. The first-order valence-corrected chi connectivity index (χ1v) is 5.25. The zero-order valence-electron chi connectivity index (χ0n) is 8.06. The van der Waals surface area contributed by atoms with Crippen LogP contribution in [0.15, 0.2) is 6.20 Å². The minimum Gasteiger partial charge on any atom is -0.404 e. The fraction of sp³-hybridized carbons (Fsp3) is 0.375. The molecule has 0 unspecified atom stereocenters. The Balaban J connectivity index is 3.28. The number of nitrogens with zero attached hydrogens (tertiary/aromatic N) is 1. The van der Waals surface area contributed by atoms with Crippen LogP contribution in [0.4, 0.5) is 22.0 Å². The molecule has 3 nitrogen and oxygen atoms in total. The maximum Gasteiger partial charge on any atom is 0.573 e. The summed E-state index contributed by atoms with van der Waals surface area (Å²) in [5, 5.41) is 0. The molecule has 0 aliphatic rings. The lowest BCUT2D eigenvalue weighted by atomic mass is 10.1. The highest BCUT2D eigenvalue weighted by Gasteiger charge is 2.33. The third kappa shape index (κ3) is 3.63. The first-order valence-electron chi connectivity index (χ1n) is 4.17. The number of rotatable bonds is 3. The first-order chi connectivity index (χ1) is 7.76.